The molecular weight excluding hydrogens is 324 g/mol. The highest BCUT2D eigenvalue weighted by molar-refractivity contribution is 5.99. The van der Waals surface area contributed by atoms with E-state index in [1.54, 1.807) is 0 Å². The van der Waals surface area contributed by atoms with E-state index in [-0.39, 0.29) is 6.10 Å². The third-order valence-corrected chi connectivity index (χ3v) is 4.22. The van der Waals surface area contributed by atoms with Gasteiger partial charge in [-0.25, -0.2) is 4.79 Å². The molecule has 1 aliphatic rings. The Kier molecular flexibility index (Phi) is 5.55. The van der Waals surface area contributed by atoms with Crippen molar-refractivity contribution in [1.82, 2.24) is 4.90 Å². The third-order valence-electron chi connectivity index (χ3n) is 4.22. The Morgan fingerprint density at radius 1 is 1.32 bits per heavy atom. The number of hydrogen-bond donors (Lipinski definition) is 1. The Balaban J connectivity index is 1.39. The minimum Gasteiger partial charge on any atom is -0.465 e. The van der Waals surface area contributed by atoms with Crippen molar-refractivity contribution in [3.63, 3.8) is 0 Å². The molecule has 1 fully saturated rings. The van der Waals surface area contributed by atoms with Crippen LogP contribution in [0.25, 0.3) is 11.0 Å². The van der Waals surface area contributed by atoms with Crippen LogP contribution in [0, 0.1) is 0 Å². The molecule has 1 N–H and O–H groups in total. The van der Waals surface area contributed by atoms with Crippen LogP contribution >= 0.6 is 0 Å². The van der Waals surface area contributed by atoms with Gasteiger partial charge < -0.3 is 24.0 Å². The number of nitrogens with zero attached hydrogens (tertiary/aromatic N) is 2. The van der Waals surface area contributed by atoms with Crippen LogP contribution in [0.2, 0.25) is 0 Å². The summed E-state index contributed by atoms with van der Waals surface area (Å²) < 4.78 is 11.4. The quantitative estimate of drug-likeness (QED) is 0.493. The Bertz CT molecular complexity index is 714. The van der Waals surface area contributed by atoms with E-state index in [1.807, 2.05) is 37.3 Å². The normalized spacial score (nSPS) is 16.4. The van der Waals surface area contributed by atoms with Gasteiger partial charge in [0.15, 0.2) is 5.76 Å². The molecule has 7 heteroatoms. The maximum atomic E-state index is 10.8. The number of furan rings is 1. The van der Waals surface area contributed by atoms with Gasteiger partial charge in [0.1, 0.15) is 17.9 Å². The van der Waals surface area contributed by atoms with E-state index in [0.29, 0.717) is 50.6 Å². The van der Waals surface area contributed by atoms with Gasteiger partial charge in [-0.2, -0.15) is 0 Å². The second-order valence-electron chi connectivity index (χ2n) is 6.00. The molecule has 7 nitrogen and oxygen atoms in total. The highest BCUT2D eigenvalue weighted by Crippen LogP contribution is 2.19. The molecule has 1 saturated heterocycles. The van der Waals surface area contributed by atoms with Crippen molar-refractivity contribution in [2.45, 2.75) is 25.9 Å². The van der Waals surface area contributed by atoms with Crippen LogP contribution in [0.5, 0.6) is 0 Å². The molecule has 1 aromatic carbocycles. The van der Waals surface area contributed by atoms with Crippen LogP contribution in [0.15, 0.2) is 39.9 Å². The molecule has 0 atom stereocenters. The first-order valence-corrected chi connectivity index (χ1v) is 8.38. The van der Waals surface area contributed by atoms with Crippen LogP contribution < -0.4 is 0 Å². The van der Waals surface area contributed by atoms with Gasteiger partial charge in [-0.1, -0.05) is 23.4 Å². The van der Waals surface area contributed by atoms with Gasteiger partial charge in [0.25, 0.3) is 0 Å². The maximum absolute atomic E-state index is 10.8. The zero-order valence-corrected chi connectivity index (χ0v) is 14.2. The molecule has 1 aliphatic heterocycles. The number of piperidine rings is 1. The number of carboxylic acid groups (broad SMARTS) is 1. The molecule has 0 radical (unpaired) electrons. The number of hydrogen-bond acceptors (Lipinski definition) is 5. The lowest BCUT2D eigenvalue weighted by atomic mass is 10.1. The number of amides is 1. The molecular formula is C18H22N2O5. The molecule has 134 valence electrons. The minimum absolute atomic E-state index is 0.0830. The Morgan fingerprint density at radius 3 is 2.80 bits per heavy atom. The molecule has 0 unspecified atom stereocenters. The summed E-state index contributed by atoms with van der Waals surface area (Å²) in [6.07, 6.45) is 0.651. The standard InChI is InChI=1S/C18H22N2O5/c1-13(17-12-14-4-2-3-5-16(14)25-17)19-24-11-10-23-15-6-8-20(9-7-15)18(21)22/h2-5,12,15H,6-11H2,1H3,(H,21,22)/b19-13-. The molecule has 1 amide bonds. The monoisotopic (exact) mass is 346 g/mol. The molecule has 0 bridgehead atoms. The smallest absolute Gasteiger partial charge is 0.407 e. The second-order valence-corrected chi connectivity index (χ2v) is 6.00. The lowest BCUT2D eigenvalue weighted by Gasteiger charge is -2.29. The predicted molar refractivity (Wildman–Crippen MR) is 92.9 cm³/mol. The van der Waals surface area contributed by atoms with Gasteiger partial charge in [0, 0.05) is 18.5 Å². The number of rotatable bonds is 6. The zero-order chi connectivity index (χ0) is 17.6. The largest absolute Gasteiger partial charge is 0.465 e. The van der Waals surface area contributed by atoms with E-state index < -0.39 is 6.09 Å². The van der Waals surface area contributed by atoms with Gasteiger partial charge in [-0.05, 0) is 31.9 Å². The lowest BCUT2D eigenvalue weighted by molar-refractivity contribution is -0.0192. The first-order chi connectivity index (χ1) is 12.1. The summed E-state index contributed by atoms with van der Waals surface area (Å²) in [6.45, 7) is 3.64. The van der Waals surface area contributed by atoms with Crippen LogP contribution in [0.3, 0.4) is 0 Å². The van der Waals surface area contributed by atoms with Crippen molar-refractivity contribution in [3.05, 3.63) is 36.1 Å². The second kappa shape index (κ2) is 8.02. The third kappa shape index (κ3) is 4.51. The summed E-state index contributed by atoms with van der Waals surface area (Å²) in [7, 11) is 0. The maximum Gasteiger partial charge on any atom is 0.407 e. The summed E-state index contributed by atoms with van der Waals surface area (Å²) in [5.74, 6) is 0.683. The van der Waals surface area contributed by atoms with Crippen LogP contribution in [-0.2, 0) is 9.57 Å². The van der Waals surface area contributed by atoms with E-state index in [9.17, 15) is 4.79 Å². The van der Waals surface area contributed by atoms with Gasteiger partial charge >= 0.3 is 6.09 Å². The van der Waals surface area contributed by atoms with E-state index in [1.165, 1.54) is 4.90 Å². The lowest BCUT2D eigenvalue weighted by Crippen LogP contribution is -2.40. The fourth-order valence-corrected chi connectivity index (χ4v) is 2.81. The first kappa shape index (κ1) is 17.3. The molecule has 0 aliphatic carbocycles. The number of ether oxygens (including phenoxy) is 1. The van der Waals surface area contributed by atoms with E-state index in [4.69, 9.17) is 19.1 Å². The first-order valence-electron chi connectivity index (χ1n) is 8.38. The van der Waals surface area contributed by atoms with Gasteiger partial charge in [0.2, 0.25) is 0 Å². The van der Waals surface area contributed by atoms with Crippen molar-refractivity contribution in [1.29, 1.82) is 0 Å². The fraction of sp³-hybridized carbons (Fsp3) is 0.444. The molecule has 0 saturated carbocycles. The molecule has 2 heterocycles. The SMILES string of the molecule is C/C(=N/OCCOC1CCN(C(=O)O)CC1)c1cc2ccccc2o1. The van der Waals surface area contributed by atoms with Gasteiger partial charge in [-0.15, -0.1) is 0 Å². The fourth-order valence-electron chi connectivity index (χ4n) is 2.81. The minimum atomic E-state index is -0.864. The Hall–Kier alpha value is -2.54. The van der Waals surface area contributed by atoms with Crippen LogP contribution in [-0.4, -0.2) is 54.2 Å². The molecule has 1 aromatic heterocycles. The average Bonchev–Trinajstić information content (AvgIpc) is 3.06. The number of benzene rings is 1. The highest BCUT2D eigenvalue weighted by Gasteiger charge is 2.22. The van der Waals surface area contributed by atoms with Crippen LogP contribution in [0.1, 0.15) is 25.5 Å². The van der Waals surface area contributed by atoms with Gasteiger partial charge in [0.05, 0.1) is 12.7 Å². The molecule has 25 heavy (non-hydrogen) atoms. The highest BCUT2D eigenvalue weighted by atomic mass is 16.6. The summed E-state index contributed by atoms with van der Waals surface area (Å²) >= 11 is 0. The van der Waals surface area contributed by atoms with Crippen molar-refractivity contribution in [2.24, 2.45) is 5.16 Å². The number of carbonyl (C=O) groups is 1. The summed E-state index contributed by atoms with van der Waals surface area (Å²) in [5, 5.41) is 14.0. The Labute approximate surface area is 145 Å². The van der Waals surface area contributed by atoms with E-state index in [2.05, 4.69) is 5.16 Å². The van der Waals surface area contributed by atoms with E-state index >= 15 is 0 Å². The Morgan fingerprint density at radius 2 is 2.08 bits per heavy atom. The number of oxime groups is 1. The van der Waals surface area contributed by atoms with Crippen molar-refractivity contribution in [2.75, 3.05) is 26.3 Å². The van der Waals surface area contributed by atoms with Crippen molar-refractivity contribution >= 4 is 22.8 Å². The molecule has 3 rings (SSSR count). The zero-order valence-electron chi connectivity index (χ0n) is 14.2. The number of para-hydroxylation sites is 1. The van der Waals surface area contributed by atoms with E-state index in [0.717, 1.165) is 11.0 Å². The summed E-state index contributed by atoms with van der Waals surface area (Å²) in [4.78, 5) is 17.5. The summed E-state index contributed by atoms with van der Waals surface area (Å²) in [6, 6.07) is 9.72. The van der Waals surface area contributed by atoms with Gasteiger partial charge in [-0.3, -0.25) is 0 Å². The number of likely N-dealkylation sites (tertiary alicyclic amines) is 1. The van der Waals surface area contributed by atoms with Crippen molar-refractivity contribution in [3.8, 4) is 0 Å². The summed E-state index contributed by atoms with van der Waals surface area (Å²) in [5.41, 5.74) is 1.49. The molecule has 0 spiro atoms. The predicted octanol–water partition coefficient (Wildman–Crippen LogP) is 3.33. The molecule has 2 aromatic rings. The average molecular weight is 346 g/mol. The van der Waals surface area contributed by atoms with Crippen molar-refractivity contribution < 1.29 is 23.9 Å². The topological polar surface area (TPSA) is 84.5 Å². The number of fused-ring (bicyclic) bond motifs is 1. The van der Waals surface area contributed by atoms with Crippen LogP contribution in [0.4, 0.5) is 4.79 Å².